The van der Waals surface area contributed by atoms with Gasteiger partial charge in [0, 0.05) is 105 Å². The van der Waals surface area contributed by atoms with Crippen LogP contribution in [0.5, 0.6) is 17.2 Å². The van der Waals surface area contributed by atoms with Gasteiger partial charge in [-0.1, -0.05) is 93.0 Å². The topological polar surface area (TPSA) is 335 Å². The number of fused-ring (bicyclic) bond motifs is 12. The van der Waals surface area contributed by atoms with Crippen molar-refractivity contribution in [2.45, 2.75) is 240 Å². The molecule has 6 fully saturated rings. The van der Waals surface area contributed by atoms with E-state index >= 15 is 0 Å². The molecule has 6 aromatic rings. The van der Waals surface area contributed by atoms with E-state index in [0.717, 1.165) is 224 Å². The fourth-order valence-electron chi connectivity index (χ4n) is 26.8. The number of aliphatic hydroxyl groups excluding tert-OH is 1. The quantitative estimate of drug-likeness (QED) is 0.103. The van der Waals surface area contributed by atoms with Gasteiger partial charge in [-0.15, -0.1) is 0 Å². The maximum absolute atomic E-state index is 13.5. The van der Waals surface area contributed by atoms with Crippen LogP contribution in [-0.2, 0) is 94.0 Å². The van der Waals surface area contributed by atoms with E-state index in [2.05, 4.69) is 103 Å². The van der Waals surface area contributed by atoms with Gasteiger partial charge in [-0.25, -0.2) is 39.4 Å². The SMILES string of the molecule is C[C@@H]1[C@@H](C)CCC[C@H](C2OCC(N)(CO)CO2)[C@@H]2CC[C@H]2CN2C[C@@]3(CCCc4cc(Cl)ccc43)COc3ccc(cc32)C(=O)NS1(=O)=O.C[C@H]1CCC[C@@H](C2OCC(N(C)C)CO2)[C@@H]2CC[C@H]2CN2C[C@@]3(CCCc4cc(Cl)ccc43)COc3ccc(cc32)C(=O)NS(=O)(=O)C1.C[C@H]1CCC[C@H](C2OCC(N(C)C)CO2)[C@@H]2CC[C@H]2CN2C[C@@]3(CCCc4cc(Cl)ccc43)COc3ccc(cc32)C(=O)NS(=O)(=O)C1. The maximum atomic E-state index is 13.5. The lowest BCUT2D eigenvalue weighted by Crippen LogP contribution is -2.59. The molecule has 6 aliphatic carbocycles. The van der Waals surface area contributed by atoms with Gasteiger partial charge >= 0.3 is 0 Å². The van der Waals surface area contributed by atoms with Crippen molar-refractivity contribution in [3.63, 3.8) is 0 Å². The average molecular weight is 2120 g/mol. The lowest BCUT2D eigenvalue weighted by molar-refractivity contribution is -0.249. The van der Waals surface area contributed by atoms with Gasteiger partial charge in [-0.2, -0.15) is 0 Å². The minimum Gasteiger partial charge on any atom is -0.490 e. The summed E-state index contributed by atoms with van der Waals surface area (Å²) >= 11 is 19.4. The predicted octanol–water partition coefficient (Wildman–Crippen LogP) is 16.1. The molecule has 0 unspecified atom stereocenters. The van der Waals surface area contributed by atoms with E-state index in [1.807, 2.05) is 69.3 Å². The van der Waals surface area contributed by atoms with Crippen LogP contribution in [0.25, 0.3) is 0 Å². The maximum Gasteiger partial charge on any atom is 0.264 e. The standard InChI is InChI=1S/C37H50ClN3O7S.2C37H50ClN3O6S/c1-23-5-3-7-30(35-47-21-37(39,19-42)22-48-35)29-11-8-27(29)17-41-18-36(14-4-6-25-15-28(38)10-12-31(25)36)20-46-33-13-9-26(16-32(33)41)34(43)40-49(44,45)24(23)2;2*1-24-6-4-8-31(36-45-19-29(20-46-36)40(2)3)30-12-9-27(30)18-41-22-37(15-5-7-25-16-28(38)11-13-32(25)37)23-47-34-14-10-26(17-33(34)41)35(42)39-48(43,44)21-24/h9-10,12-13,15-16,23-24,27,29-30,35,42H,3-8,11,14,17-22,39H2,1-2H3,(H,40,43);2*10-11,13-14,16-17,24,27,29-31,36H,4-9,12,15,18-23H2,1-3H3,(H,39,42)/t23-,24+,27-,29+,30-,35?,36-,37?;24-,27-,29?,30+,31+,36?,37-;24-,27-,29?,30+,31-,36?,37-/m000/s1. The number of likely N-dealkylation sites (N-methyl/N-ethyl adjacent to an activating group) is 2. The summed E-state index contributed by atoms with van der Waals surface area (Å²) < 4.78 is 145. The molecule has 3 saturated heterocycles. The van der Waals surface area contributed by atoms with Gasteiger partial charge < -0.3 is 78.0 Å². The number of nitrogens with two attached hydrogens (primary N) is 1. The zero-order valence-corrected chi connectivity index (χ0v) is 90.2. The van der Waals surface area contributed by atoms with Gasteiger partial charge in [0.2, 0.25) is 30.1 Å². The van der Waals surface area contributed by atoms with Gasteiger partial charge in [0.05, 0.1) is 118 Å². The van der Waals surface area contributed by atoms with Crippen molar-refractivity contribution in [2.75, 3.05) is 160 Å². The summed E-state index contributed by atoms with van der Waals surface area (Å²) in [5, 5.41) is 11.3. The fraction of sp³-hybridized carbons (Fsp3) is 0.649. The van der Waals surface area contributed by atoms with Gasteiger partial charge in [0.1, 0.15) is 17.2 Å². The number of amides is 3. The Balaban J connectivity index is 0.000000137. The van der Waals surface area contributed by atoms with Crippen molar-refractivity contribution in [1.82, 2.24) is 24.0 Å². The third kappa shape index (κ3) is 23.4. The smallest absolute Gasteiger partial charge is 0.264 e. The molecule has 9 heterocycles. The van der Waals surface area contributed by atoms with Crippen molar-refractivity contribution < 1.29 is 87.4 Å². The second-order valence-electron chi connectivity index (χ2n) is 46.3. The third-order valence-electron chi connectivity index (χ3n) is 35.7. The monoisotopic (exact) mass is 2110 g/mol. The van der Waals surface area contributed by atoms with Crippen LogP contribution in [-0.4, -0.2) is 245 Å². The van der Waals surface area contributed by atoms with E-state index in [1.165, 1.54) is 33.4 Å². The molecule has 3 spiro atoms. The van der Waals surface area contributed by atoms with Gasteiger partial charge in [0.15, 0.2) is 18.9 Å². The minimum atomic E-state index is -3.94. The van der Waals surface area contributed by atoms with Crippen molar-refractivity contribution in [3.05, 3.63) is 174 Å². The number of nitrogens with one attached hydrogen (secondary N) is 3. The van der Waals surface area contributed by atoms with Crippen LogP contribution in [0.15, 0.2) is 109 Å². The Morgan fingerprint density at radius 2 is 0.731 bits per heavy atom. The zero-order chi connectivity index (χ0) is 102. The summed E-state index contributed by atoms with van der Waals surface area (Å²) in [6.45, 7) is 16.4. The number of benzene rings is 6. The first-order valence-corrected chi connectivity index (χ1v) is 59.4. The average Bonchev–Trinajstić information content (AvgIpc) is 1.64. The number of hydrogen-bond donors (Lipinski definition) is 5. The molecule has 28 nitrogen and oxygen atoms in total. The number of halogens is 3. The second-order valence-corrected chi connectivity index (χ2v) is 53.1. The molecule has 3 amide bonds. The van der Waals surface area contributed by atoms with E-state index in [4.69, 9.17) is 83.2 Å². The Bertz CT molecular complexity index is 5790. The van der Waals surface area contributed by atoms with E-state index in [1.54, 1.807) is 31.2 Å². The molecule has 0 aromatic heterocycles. The first-order valence-electron chi connectivity index (χ1n) is 53.4. The molecular formula is C111H150Cl3N9O19S3. The molecular weight excluding hydrogens is 1970 g/mol. The molecule has 145 heavy (non-hydrogen) atoms. The molecule has 3 saturated carbocycles. The van der Waals surface area contributed by atoms with Gasteiger partial charge in [0.25, 0.3) is 17.7 Å². The molecule has 6 N–H and O–H groups in total. The molecule has 34 heteroatoms. The number of aryl methyl sites for hydroxylation is 3. The molecule has 9 aliphatic heterocycles. The molecule has 16 atom stereocenters. The van der Waals surface area contributed by atoms with Crippen LogP contribution in [0.3, 0.4) is 0 Å². The summed E-state index contributed by atoms with van der Waals surface area (Å²) in [6.07, 6.45) is 22.0. The number of carbonyl (C=O) groups is 3. The minimum absolute atomic E-state index is 0.0901. The number of carbonyl (C=O) groups excluding carboxylic acids is 3. The summed E-state index contributed by atoms with van der Waals surface area (Å²) in [7, 11) is -3.35. The largest absolute Gasteiger partial charge is 0.490 e. The summed E-state index contributed by atoms with van der Waals surface area (Å²) in [6, 6.07) is 35.2. The number of aliphatic hydroxyl groups is 1. The van der Waals surface area contributed by atoms with E-state index in [-0.39, 0.29) is 113 Å². The zero-order valence-electron chi connectivity index (χ0n) is 85.5. The van der Waals surface area contributed by atoms with Gasteiger partial charge in [-0.3, -0.25) is 14.4 Å². The van der Waals surface area contributed by atoms with Crippen LogP contribution < -0.4 is 48.8 Å². The first kappa shape index (κ1) is 106. The Morgan fingerprint density at radius 3 is 1.06 bits per heavy atom. The van der Waals surface area contributed by atoms with Crippen molar-refractivity contribution in [3.8, 4) is 17.2 Å². The highest BCUT2D eigenvalue weighted by Gasteiger charge is 2.53. The number of anilines is 3. The first-order chi connectivity index (χ1) is 69.4. The second kappa shape index (κ2) is 44.3. The van der Waals surface area contributed by atoms with Crippen LogP contribution in [0, 0.1) is 71.0 Å². The summed E-state index contributed by atoms with van der Waals surface area (Å²) in [4.78, 5) is 51.9. The number of rotatable bonds is 6. The number of sulfonamides is 3. The molecule has 6 aromatic carbocycles. The number of hydrogen-bond acceptors (Lipinski definition) is 25. The van der Waals surface area contributed by atoms with E-state index in [0.29, 0.717) is 112 Å². The predicted molar refractivity (Wildman–Crippen MR) is 563 cm³/mol. The Hall–Kier alpha value is -7.15. The molecule has 21 rings (SSSR count). The van der Waals surface area contributed by atoms with Crippen LogP contribution in [0.1, 0.15) is 227 Å². The number of nitrogens with zero attached hydrogens (tertiary/aromatic N) is 5. The van der Waals surface area contributed by atoms with Crippen LogP contribution in [0.4, 0.5) is 17.1 Å². The summed E-state index contributed by atoms with van der Waals surface area (Å²) in [5.41, 5.74) is 15.7. The summed E-state index contributed by atoms with van der Waals surface area (Å²) in [5.74, 6) is 2.68. The molecule has 15 aliphatic rings. The molecule has 792 valence electrons. The van der Waals surface area contributed by atoms with Crippen molar-refractivity contribution in [1.29, 1.82) is 0 Å². The number of ether oxygens (including phenoxy) is 9. The molecule has 0 radical (unpaired) electrons. The normalized spacial score (nSPS) is 34.7. The highest BCUT2D eigenvalue weighted by molar-refractivity contribution is 7.91. The third-order valence-corrected chi connectivity index (χ3v) is 41.4. The van der Waals surface area contributed by atoms with Crippen LogP contribution in [0.2, 0.25) is 15.1 Å². The highest BCUT2D eigenvalue weighted by atomic mass is 35.5. The van der Waals surface area contributed by atoms with Crippen LogP contribution >= 0.6 is 34.8 Å². The fourth-order valence-corrected chi connectivity index (χ4v) is 31.5. The Morgan fingerprint density at radius 1 is 0.400 bits per heavy atom. The highest BCUT2D eigenvalue weighted by Crippen LogP contribution is 2.55. The lowest BCUT2D eigenvalue weighted by atomic mass is 9.64. The lowest BCUT2D eigenvalue weighted by Gasteiger charge is -2.49. The Labute approximate surface area is 872 Å². The Kier molecular flexibility index (Phi) is 32.5. The van der Waals surface area contributed by atoms with E-state index in [9.17, 15) is 44.7 Å². The van der Waals surface area contributed by atoms with E-state index < -0.39 is 64.9 Å². The van der Waals surface area contributed by atoms with Crippen molar-refractivity contribution in [2.24, 2.45) is 76.7 Å². The van der Waals surface area contributed by atoms with Crippen molar-refractivity contribution >= 4 is 99.7 Å². The molecule has 6 bridgehead atoms. The van der Waals surface area contributed by atoms with Gasteiger partial charge in [-0.05, 0) is 348 Å².